The fourth-order valence-electron chi connectivity index (χ4n) is 2.38. The summed E-state index contributed by atoms with van der Waals surface area (Å²) in [6, 6.07) is 6.51. The van der Waals surface area contributed by atoms with E-state index in [9.17, 15) is 8.42 Å². The van der Waals surface area contributed by atoms with Gasteiger partial charge in [0.15, 0.2) is 11.4 Å². The third kappa shape index (κ3) is 4.47. The van der Waals surface area contributed by atoms with Gasteiger partial charge in [0.05, 0.1) is 10.6 Å². The molecule has 0 amide bonds. The van der Waals surface area contributed by atoms with Crippen molar-refractivity contribution in [2.45, 2.75) is 24.7 Å². The maximum Gasteiger partial charge on any atom is 0.243 e. The van der Waals surface area contributed by atoms with Gasteiger partial charge in [0.25, 0.3) is 0 Å². The number of sulfonamides is 1. The van der Waals surface area contributed by atoms with E-state index in [4.69, 9.17) is 5.26 Å². The van der Waals surface area contributed by atoms with Gasteiger partial charge in [-0.25, -0.2) is 13.4 Å². The molecule has 1 aliphatic heterocycles. The Labute approximate surface area is 141 Å². The third-order valence-corrected chi connectivity index (χ3v) is 6.26. The minimum atomic E-state index is -3.49. The predicted molar refractivity (Wildman–Crippen MR) is 93.0 cm³/mol. The normalized spacial score (nSPS) is 17.7. The second kappa shape index (κ2) is 7.81. The van der Waals surface area contributed by atoms with Crippen molar-refractivity contribution in [1.29, 1.82) is 5.26 Å². The zero-order valence-electron chi connectivity index (χ0n) is 13.2. The summed E-state index contributed by atoms with van der Waals surface area (Å²) in [5, 5.41) is 11.6. The first-order valence-corrected chi connectivity index (χ1v) is 10.0. The summed E-state index contributed by atoms with van der Waals surface area (Å²) in [5.41, 5.74) is 0.503. The summed E-state index contributed by atoms with van der Waals surface area (Å²) in [7, 11) is -3.49. The lowest BCUT2D eigenvalue weighted by Crippen LogP contribution is -2.37. The summed E-state index contributed by atoms with van der Waals surface area (Å²) >= 11 is 1.29. The standard InChI is InChI=1S/C15H20N4O2S2/c1-12-6-8-19(9-7-12)23(20,21)14-5-3-4-13(10-14)18-15(22-2)17-11-16/h3-5,10,12H,6-9H2,1-2H3,(H,17,18). The number of rotatable bonds is 3. The van der Waals surface area contributed by atoms with E-state index < -0.39 is 10.0 Å². The first-order chi connectivity index (χ1) is 11.0. The summed E-state index contributed by atoms with van der Waals surface area (Å²) < 4.78 is 27.0. The van der Waals surface area contributed by atoms with E-state index in [-0.39, 0.29) is 4.90 Å². The third-order valence-electron chi connectivity index (χ3n) is 3.78. The number of aliphatic imine (C=N–C) groups is 1. The Morgan fingerprint density at radius 1 is 1.43 bits per heavy atom. The largest absolute Gasteiger partial charge is 0.271 e. The highest BCUT2D eigenvalue weighted by Crippen LogP contribution is 2.26. The number of thioether (sulfide) groups is 1. The van der Waals surface area contributed by atoms with E-state index in [0.29, 0.717) is 29.9 Å². The van der Waals surface area contributed by atoms with Gasteiger partial charge in [0.2, 0.25) is 10.0 Å². The molecular formula is C15H20N4O2S2. The highest BCUT2D eigenvalue weighted by molar-refractivity contribution is 8.13. The number of piperidine rings is 1. The molecule has 2 rings (SSSR count). The fourth-order valence-corrected chi connectivity index (χ4v) is 4.23. The first kappa shape index (κ1) is 17.8. The van der Waals surface area contributed by atoms with Gasteiger partial charge in [-0.2, -0.15) is 9.57 Å². The van der Waals surface area contributed by atoms with Crippen LogP contribution in [0.5, 0.6) is 0 Å². The molecule has 0 atom stereocenters. The van der Waals surface area contributed by atoms with Crippen molar-refractivity contribution >= 4 is 32.6 Å². The topological polar surface area (TPSA) is 85.6 Å². The molecule has 124 valence electrons. The SMILES string of the molecule is CSC(=Nc1cccc(S(=O)(=O)N2CCC(C)CC2)c1)NC#N. The van der Waals surface area contributed by atoms with Gasteiger partial charge >= 0.3 is 0 Å². The van der Waals surface area contributed by atoms with Crippen molar-refractivity contribution in [3.05, 3.63) is 24.3 Å². The maximum absolute atomic E-state index is 12.7. The highest BCUT2D eigenvalue weighted by Gasteiger charge is 2.28. The van der Waals surface area contributed by atoms with Crippen molar-refractivity contribution in [3.63, 3.8) is 0 Å². The molecule has 1 N–H and O–H groups in total. The predicted octanol–water partition coefficient (Wildman–Crippen LogP) is 2.53. The Morgan fingerprint density at radius 3 is 2.74 bits per heavy atom. The minimum absolute atomic E-state index is 0.241. The van der Waals surface area contributed by atoms with Crippen molar-refractivity contribution in [2.75, 3.05) is 19.3 Å². The molecule has 1 saturated heterocycles. The van der Waals surface area contributed by atoms with Gasteiger partial charge in [-0.05, 0) is 43.2 Å². The van der Waals surface area contributed by atoms with Gasteiger partial charge in [-0.3, -0.25) is 5.32 Å². The zero-order chi connectivity index (χ0) is 16.9. The molecule has 0 aromatic heterocycles. The Bertz CT molecular complexity index is 717. The van der Waals surface area contributed by atoms with Crippen molar-refractivity contribution < 1.29 is 8.42 Å². The number of nitriles is 1. The van der Waals surface area contributed by atoms with Crippen molar-refractivity contribution in [1.82, 2.24) is 9.62 Å². The summed E-state index contributed by atoms with van der Waals surface area (Å²) in [6.45, 7) is 3.26. The average Bonchev–Trinajstić information content (AvgIpc) is 2.55. The zero-order valence-corrected chi connectivity index (χ0v) is 14.8. The molecule has 0 bridgehead atoms. The summed E-state index contributed by atoms with van der Waals surface area (Å²) in [5.74, 6) is 0.568. The number of hydrogen-bond donors (Lipinski definition) is 1. The van der Waals surface area contributed by atoms with Gasteiger partial charge in [0.1, 0.15) is 0 Å². The van der Waals surface area contributed by atoms with Gasteiger partial charge in [-0.15, -0.1) is 0 Å². The lowest BCUT2D eigenvalue weighted by atomic mass is 10.0. The van der Waals surface area contributed by atoms with E-state index in [2.05, 4.69) is 17.2 Å². The van der Waals surface area contributed by atoms with E-state index >= 15 is 0 Å². The van der Waals surface area contributed by atoms with Crippen LogP contribution in [-0.4, -0.2) is 37.2 Å². The Balaban J connectivity index is 2.27. The molecule has 0 unspecified atom stereocenters. The van der Waals surface area contributed by atoms with Crippen LogP contribution < -0.4 is 5.32 Å². The van der Waals surface area contributed by atoms with Crippen LogP contribution in [0.1, 0.15) is 19.8 Å². The van der Waals surface area contributed by atoms with Crippen LogP contribution in [0, 0.1) is 17.4 Å². The van der Waals surface area contributed by atoms with Crippen LogP contribution in [0.3, 0.4) is 0 Å². The molecule has 0 aliphatic carbocycles. The van der Waals surface area contributed by atoms with Gasteiger partial charge in [-0.1, -0.05) is 24.8 Å². The smallest absolute Gasteiger partial charge is 0.243 e. The fraction of sp³-hybridized carbons (Fsp3) is 0.467. The van der Waals surface area contributed by atoms with Gasteiger partial charge in [0, 0.05) is 13.1 Å². The number of benzene rings is 1. The highest BCUT2D eigenvalue weighted by atomic mass is 32.2. The quantitative estimate of drug-likeness (QED) is 0.391. The Morgan fingerprint density at radius 2 is 2.13 bits per heavy atom. The monoisotopic (exact) mass is 352 g/mol. The molecule has 0 spiro atoms. The van der Waals surface area contributed by atoms with Gasteiger partial charge < -0.3 is 0 Å². The van der Waals surface area contributed by atoms with Crippen LogP contribution in [0.4, 0.5) is 5.69 Å². The van der Waals surface area contributed by atoms with E-state index in [1.54, 1.807) is 34.8 Å². The number of amidine groups is 1. The average molecular weight is 352 g/mol. The van der Waals surface area contributed by atoms with Crippen LogP contribution >= 0.6 is 11.8 Å². The molecule has 1 aromatic carbocycles. The second-order valence-corrected chi connectivity index (χ2v) is 8.17. The summed E-state index contributed by atoms with van der Waals surface area (Å²) in [6.07, 6.45) is 5.38. The number of nitrogens with zero attached hydrogens (tertiary/aromatic N) is 3. The van der Waals surface area contributed by atoms with Crippen LogP contribution in [-0.2, 0) is 10.0 Å². The maximum atomic E-state index is 12.7. The molecule has 6 nitrogen and oxygen atoms in total. The molecule has 1 heterocycles. The molecule has 1 aromatic rings. The van der Waals surface area contributed by atoms with Crippen molar-refractivity contribution in [2.24, 2.45) is 10.9 Å². The molecule has 0 saturated carbocycles. The summed E-state index contributed by atoms with van der Waals surface area (Å²) in [4.78, 5) is 4.50. The second-order valence-electron chi connectivity index (χ2n) is 5.44. The first-order valence-electron chi connectivity index (χ1n) is 7.35. The number of hydrogen-bond acceptors (Lipinski definition) is 5. The van der Waals surface area contributed by atoms with E-state index in [1.807, 2.05) is 6.19 Å². The number of nitrogens with one attached hydrogen (secondary N) is 1. The molecule has 1 aliphatic rings. The lowest BCUT2D eigenvalue weighted by molar-refractivity contribution is 0.288. The van der Waals surface area contributed by atoms with Crippen LogP contribution in [0.2, 0.25) is 0 Å². The lowest BCUT2D eigenvalue weighted by Gasteiger charge is -2.29. The Kier molecular flexibility index (Phi) is 6.04. The van der Waals surface area contributed by atoms with Crippen molar-refractivity contribution in [3.8, 4) is 6.19 Å². The Hall–Kier alpha value is -1.56. The van der Waals surface area contributed by atoms with Crippen LogP contribution in [0.15, 0.2) is 34.2 Å². The molecule has 0 radical (unpaired) electrons. The molecular weight excluding hydrogens is 332 g/mol. The van der Waals surface area contributed by atoms with E-state index in [1.165, 1.54) is 11.8 Å². The minimum Gasteiger partial charge on any atom is -0.271 e. The molecule has 1 fully saturated rings. The van der Waals surface area contributed by atoms with E-state index in [0.717, 1.165) is 12.8 Å². The van der Waals surface area contributed by atoms with Crippen LogP contribution in [0.25, 0.3) is 0 Å². The molecule has 23 heavy (non-hydrogen) atoms. The molecule has 8 heteroatoms.